The van der Waals surface area contributed by atoms with Crippen LogP contribution in [0.1, 0.15) is 32.3 Å². The van der Waals surface area contributed by atoms with Gasteiger partial charge in [-0.3, -0.25) is 0 Å². The molecule has 186 valence electrons. The first kappa shape index (κ1) is 27.4. The minimum absolute atomic E-state index is 0. The van der Waals surface area contributed by atoms with Gasteiger partial charge in [-0.15, -0.1) is 24.0 Å². The molecule has 2 saturated heterocycles. The number of methoxy groups -OCH3 is 1. The molecule has 2 fully saturated rings. The molecule has 0 radical (unpaired) electrons. The van der Waals surface area contributed by atoms with Gasteiger partial charge < -0.3 is 30.1 Å². The number of halogens is 2. The molecule has 0 atom stereocenters. The number of piperazine rings is 1. The van der Waals surface area contributed by atoms with E-state index in [1.807, 2.05) is 19.1 Å². The SMILES string of the molecule is CCNC(=NCc1ccc(N2CCN(CC)CC2)c(F)c1)NC1CCN(C(=O)OC)CC1.I. The highest BCUT2D eigenvalue weighted by Crippen LogP contribution is 2.22. The van der Waals surface area contributed by atoms with E-state index in [1.165, 1.54) is 7.11 Å². The van der Waals surface area contributed by atoms with Crippen LogP contribution >= 0.6 is 24.0 Å². The van der Waals surface area contributed by atoms with E-state index in [4.69, 9.17) is 4.74 Å². The Morgan fingerprint density at radius 3 is 2.42 bits per heavy atom. The molecule has 1 aromatic rings. The molecule has 0 unspecified atom stereocenters. The highest BCUT2D eigenvalue weighted by molar-refractivity contribution is 14.0. The van der Waals surface area contributed by atoms with Crippen molar-refractivity contribution in [1.82, 2.24) is 20.4 Å². The van der Waals surface area contributed by atoms with Crippen molar-refractivity contribution in [2.75, 3.05) is 64.4 Å². The molecule has 1 aromatic carbocycles. The summed E-state index contributed by atoms with van der Waals surface area (Å²) in [5.41, 5.74) is 1.52. The van der Waals surface area contributed by atoms with E-state index in [9.17, 15) is 9.18 Å². The summed E-state index contributed by atoms with van der Waals surface area (Å²) in [6.45, 7) is 11.3. The summed E-state index contributed by atoms with van der Waals surface area (Å²) >= 11 is 0. The van der Waals surface area contributed by atoms with Crippen LogP contribution in [0.25, 0.3) is 0 Å². The number of carbonyl (C=O) groups excluding carboxylic acids is 1. The number of anilines is 1. The summed E-state index contributed by atoms with van der Waals surface area (Å²) < 4.78 is 19.6. The van der Waals surface area contributed by atoms with Crippen LogP contribution in [-0.2, 0) is 11.3 Å². The normalized spacial score (nSPS) is 18.0. The number of ether oxygens (including phenoxy) is 1. The number of nitrogens with zero attached hydrogens (tertiary/aromatic N) is 4. The van der Waals surface area contributed by atoms with Gasteiger partial charge in [0, 0.05) is 51.9 Å². The van der Waals surface area contributed by atoms with Crippen LogP contribution in [0.5, 0.6) is 0 Å². The molecule has 10 heteroatoms. The minimum Gasteiger partial charge on any atom is -0.453 e. The van der Waals surface area contributed by atoms with Crippen LogP contribution in [0, 0.1) is 5.82 Å². The Balaban J connectivity index is 0.00000385. The molecule has 2 aliphatic rings. The fraction of sp³-hybridized carbons (Fsp3) is 0.652. The largest absolute Gasteiger partial charge is 0.453 e. The predicted octanol–water partition coefficient (Wildman–Crippen LogP) is 2.87. The number of aliphatic imine (C=N–C) groups is 1. The molecule has 2 N–H and O–H groups in total. The third kappa shape index (κ3) is 7.87. The number of likely N-dealkylation sites (tertiary alicyclic amines) is 1. The van der Waals surface area contributed by atoms with Crippen LogP contribution in [0.3, 0.4) is 0 Å². The Morgan fingerprint density at radius 1 is 1.15 bits per heavy atom. The van der Waals surface area contributed by atoms with Gasteiger partial charge in [0.2, 0.25) is 0 Å². The van der Waals surface area contributed by atoms with Crippen molar-refractivity contribution in [3.8, 4) is 0 Å². The first-order chi connectivity index (χ1) is 15.5. The standard InChI is InChI=1S/C23H37FN6O2.HI/c1-4-25-22(27-19-8-10-30(11-9-19)23(31)32-3)26-17-18-6-7-21(20(24)16-18)29-14-12-28(5-2)13-15-29;/h6-7,16,19H,4-5,8-15,17H2,1-3H3,(H2,25,26,27);1H. The zero-order valence-corrected chi connectivity index (χ0v) is 22.3. The lowest BCUT2D eigenvalue weighted by molar-refractivity contribution is 0.111. The number of carbonyl (C=O) groups is 1. The van der Waals surface area contributed by atoms with Gasteiger partial charge in [-0.25, -0.2) is 14.2 Å². The summed E-state index contributed by atoms with van der Waals surface area (Å²) in [7, 11) is 1.41. The maximum Gasteiger partial charge on any atom is 0.409 e. The summed E-state index contributed by atoms with van der Waals surface area (Å²) in [6, 6.07) is 5.68. The van der Waals surface area contributed by atoms with Crippen molar-refractivity contribution < 1.29 is 13.9 Å². The van der Waals surface area contributed by atoms with Gasteiger partial charge >= 0.3 is 6.09 Å². The number of guanidine groups is 1. The van der Waals surface area contributed by atoms with Gasteiger partial charge in [-0.2, -0.15) is 0 Å². The van der Waals surface area contributed by atoms with Crippen LogP contribution in [0.4, 0.5) is 14.9 Å². The van der Waals surface area contributed by atoms with Gasteiger partial charge in [0.25, 0.3) is 0 Å². The molecule has 2 heterocycles. The Morgan fingerprint density at radius 2 is 1.85 bits per heavy atom. The van der Waals surface area contributed by atoms with E-state index in [0.717, 1.165) is 57.7 Å². The number of hydrogen-bond donors (Lipinski definition) is 2. The third-order valence-electron chi connectivity index (χ3n) is 6.20. The van der Waals surface area contributed by atoms with E-state index in [2.05, 4.69) is 32.3 Å². The number of amides is 1. The third-order valence-corrected chi connectivity index (χ3v) is 6.20. The van der Waals surface area contributed by atoms with Crippen molar-refractivity contribution >= 4 is 41.7 Å². The summed E-state index contributed by atoms with van der Waals surface area (Å²) in [4.78, 5) is 22.5. The first-order valence-corrected chi connectivity index (χ1v) is 11.7. The van der Waals surface area contributed by atoms with Crippen molar-refractivity contribution in [3.63, 3.8) is 0 Å². The van der Waals surface area contributed by atoms with Crippen LogP contribution in [0.2, 0.25) is 0 Å². The fourth-order valence-corrected chi connectivity index (χ4v) is 4.23. The minimum atomic E-state index is -0.276. The van der Waals surface area contributed by atoms with E-state index in [0.29, 0.717) is 31.3 Å². The predicted molar refractivity (Wildman–Crippen MR) is 141 cm³/mol. The quantitative estimate of drug-likeness (QED) is 0.309. The smallest absolute Gasteiger partial charge is 0.409 e. The molecule has 0 aliphatic carbocycles. The second-order valence-electron chi connectivity index (χ2n) is 8.28. The Bertz CT molecular complexity index is 780. The second kappa shape index (κ2) is 13.8. The van der Waals surface area contributed by atoms with Crippen molar-refractivity contribution in [2.24, 2.45) is 4.99 Å². The topological polar surface area (TPSA) is 72.4 Å². The molecule has 1 amide bonds. The van der Waals surface area contributed by atoms with E-state index in [1.54, 1.807) is 11.0 Å². The average molecular weight is 576 g/mol. The number of benzene rings is 1. The Labute approximate surface area is 213 Å². The Kier molecular flexibility index (Phi) is 11.5. The van der Waals surface area contributed by atoms with E-state index >= 15 is 0 Å². The number of likely N-dealkylation sites (N-methyl/N-ethyl adjacent to an activating group) is 1. The molecule has 33 heavy (non-hydrogen) atoms. The number of hydrogen-bond acceptors (Lipinski definition) is 5. The molecular weight excluding hydrogens is 538 g/mol. The maximum absolute atomic E-state index is 14.8. The first-order valence-electron chi connectivity index (χ1n) is 11.7. The fourth-order valence-electron chi connectivity index (χ4n) is 4.23. The van der Waals surface area contributed by atoms with E-state index < -0.39 is 0 Å². The lowest BCUT2D eigenvalue weighted by atomic mass is 10.1. The highest BCUT2D eigenvalue weighted by Gasteiger charge is 2.24. The summed E-state index contributed by atoms with van der Waals surface area (Å²) in [5.74, 6) is 0.528. The van der Waals surface area contributed by atoms with Gasteiger partial charge in [0.05, 0.1) is 19.3 Å². The molecule has 0 aromatic heterocycles. The van der Waals surface area contributed by atoms with Crippen LogP contribution in [0.15, 0.2) is 23.2 Å². The zero-order valence-electron chi connectivity index (χ0n) is 20.0. The van der Waals surface area contributed by atoms with Crippen molar-refractivity contribution in [1.29, 1.82) is 0 Å². The molecule has 0 spiro atoms. The van der Waals surface area contributed by atoms with Gasteiger partial charge in [-0.1, -0.05) is 13.0 Å². The molecule has 2 aliphatic heterocycles. The maximum atomic E-state index is 14.8. The van der Waals surface area contributed by atoms with Gasteiger partial charge in [0.1, 0.15) is 5.82 Å². The molecule has 0 saturated carbocycles. The molecule has 8 nitrogen and oxygen atoms in total. The van der Waals surface area contributed by atoms with Crippen LogP contribution in [-0.4, -0.2) is 87.4 Å². The monoisotopic (exact) mass is 576 g/mol. The van der Waals surface area contributed by atoms with Crippen LogP contribution < -0.4 is 15.5 Å². The van der Waals surface area contributed by atoms with Gasteiger partial charge in [-0.05, 0) is 44.0 Å². The number of nitrogens with one attached hydrogen (secondary N) is 2. The Hall–Kier alpha value is -1.82. The highest BCUT2D eigenvalue weighted by atomic mass is 127. The molecular formula is C23H38FIN6O2. The zero-order chi connectivity index (χ0) is 22.9. The van der Waals surface area contributed by atoms with E-state index in [-0.39, 0.29) is 41.9 Å². The number of piperidine rings is 1. The van der Waals surface area contributed by atoms with Crippen molar-refractivity contribution in [2.45, 2.75) is 39.3 Å². The number of rotatable bonds is 6. The van der Waals surface area contributed by atoms with Gasteiger partial charge in [0.15, 0.2) is 5.96 Å². The molecule has 3 rings (SSSR count). The second-order valence-corrected chi connectivity index (χ2v) is 8.28. The molecule has 0 bridgehead atoms. The lowest BCUT2D eigenvalue weighted by Crippen LogP contribution is -2.49. The summed E-state index contributed by atoms with van der Waals surface area (Å²) in [6.07, 6.45) is 1.38. The summed E-state index contributed by atoms with van der Waals surface area (Å²) in [5, 5.41) is 6.71. The lowest BCUT2D eigenvalue weighted by Gasteiger charge is -2.35. The van der Waals surface area contributed by atoms with Crippen molar-refractivity contribution in [3.05, 3.63) is 29.6 Å². The average Bonchev–Trinajstić information content (AvgIpc) is 2.83.